The molecule has 1 fully saturated rings. The maximum atomic E-state index is 5.24. The molecule has 0 spiro atoms. The van der Waals surface area contributed by atoms with Crippen molar-refractivity contribution in [2.24, 2.45) is 11.8 Å². The minimum atomic E-state index is 0.247. The molecular weight excluding hydrogens is 208 g/mol. The maximum absolute atomic E-state index is 5.24. The summed E-state index contributed by atoms with van der Waals surface area (Å²) in [7, 11) is 1.50. The zero-order valence-corrected chi connectivity index (χ0v) is 9.23. The SMILES string of the molecule is COc1nc(NN)nc(NCCC2CC2)n1. The highest BCUT2D eigenvalue weighted by Gasteiger charge is 2.20. The van der Waals surface area contributed by atoms with E-state index in [9.17, 15) is 0 Å². The lowest BCUT2D eigenvalue weighted by molar-refractivity contribution is 0.379. The molecule has 7 nitrogen and oxygen atoms in total. The first-order valence-corrected chi connectivity index (χ1v) is 5.32. The summed E-state index contributed by atoms with van der Waals surface area (Å²) in [5.74, 6) is 6.90. The van der Waals surface area contributed by atoms with Crippen LogP contribution in [0.1, 0.15) is 19.3 Å². The minimum Gasteiger partial charge on any atom is -0.467 e. The molecule has 0 radical (unpaired) electrons. The summed E-state index contributed by atoms with van der Waals surface area (Å²) in [4.78, 5) is 12.0. The molecule has 0 saturated heterocycles. The molecule has 0 atom stereocenters. The monoisotopic (exact) mass is 224 g/mol. The average molecular weight is 224 g/mol. The van der Waals surface area contributed by atoms with Crippen molar-refractivity contribution in [1.82, 2.24) is 15.0 Å². The highest BCUT2D eigenvalue weighted by atomic mass is 16.5. The van der Waals surface area contributed by atoms with E-state index in [2.05, 4.69) is 25.7 Å². The fourth-order valence-electron chi connectivity index (χ4n) is 1.39. The highest BCUT2D eigenvalue weighted by molar-refractivity contribution is 5.34. The standard InChI is InChI=1S/C9H16N6O/c1-16-9-13-7(12-8(14-9)15-10)11-5-4-6-2-3-6/h6H,2-5,10H2,1H3,(H2,11,12,13,14,15). The van der Waals surface area contributed by atoms with E-state index in [0.717, 1.165) is 18.9 Å². The normalized spacial score (nSPS) is 14.6. The van der Waals surface area contributed by atoms with Gasteiger partial charge >= 0.3 is 6.01 Å². The number of hydrogen-bond acceptors (Lipinski definition) is 7. The Morgan fingerprint density at radius 2 is 2.06 bits per heavy atom. The van der Waals surface area contributed by atoms with Crippen molar-refractivity contribution in [2.45, 2.75) is 19.3 Å². The van der Waals surface area contributed by atoms with Gasteiger partial charge in [0.2, 0.25) is 11.9 Å². The number of anilines is 2. The molecule has 1 aliphatic rings. The van der Waals surface area contributed by atoms with Crippen molar-refractivity contribution >= 4 is 11.9 Å². The first-order valence-electron chi connectivity index (χ1n) is 5.32. The lowest BCUT2D eigenvalue weighted by atomic mass is 10.3. The molecule has 0 amide bonds. The summed E-state index contributed by atoms with van der Waals surface area (Å²) in [5.41, 5.74) is 2.37. The van der Waals surface area contributed by atoms with Crippen molar-refractivity contribution < 1.29 is 4.74 Å². The number of methoxy groups -OCH3 is 1. The molecule has 7 heteroatoms. The van der Waals surface area contributed by atoms with E-state index in [1.807, 2.05) is 0 Å². The molecule has 4 N–H and O–H groups in total. The van der Waals surface area contributed by atoms with Crippen LogP contribution in [0.15, 0.2) is 0 Å². The van der Waals surface area contributed by atoms with Gasteiger partial charge in [-0.2, -0.15) is 15.0 Å². The number of hydrazine groups is 1. The van der Waals surface area contributed by atoms with Crippen LogP contribution in [0.3, 0.4) is 0 Å². The molecule has 1 saturated carbocycles. The van der Waals surface area contributed by atoms with Crippen LogP contribution < -0.4 is 21.3 Å². The number of rotatable bonds is 6. The van der Waals surface area contributed by atoms with Gasteiger partial charge in [-0.3, -0.25) is 5.43 Å². The van der Waals surface area contributed by atoms with Crippen molar-refractivity contribution in [2.75, 3.05) is 24.4 Å². The zero-order chi connectivity index (χ0) is 11.4. The van der Waals surface area contributed by atoms with Gasteiger partial charge in [0.15, 0.2) is 0 Å². The first kappa shape index (κ1) is 10.9. The number of ether oxygens (including phenoxy) is 1. The molecule has 2 rings (SSSR count). The molecule has 1 aromatic heterocycles. The van der Waals surface area contributed by atoms with E-state index in [0.29, 0.717) is 11.9 Å². The van der Waals surface area contributed by atoms with E-state index < -0.39 is 0 Å². The summed E-state index contributed by atoms with van der Waals surface area (Å²) in [6.07, 6.45) is 3.84. The molecular formula is C9H16N6O. The zero-order valence-electron chi connectivity index (χ0n) is 9.23. The van der Waals surface area contributed by atoms with Crippen LogP contribution in [0.5, 0.6) is 6.01 Å². The van der Waals surface area contributed by atoms with Gasteiger partial charge in [-0.05, 0) is 12.3 Å². The van der Waals surface area contributed by atoms with Crippen LogP contribution in [0.4, 0.5) is 11.9 Å². The van der Waals surface area contributed by atoms with Gasteiger partial charge in [0, 0.05) is 6.54 Å². The van der Waals surface area contributed by atoms with E-state index >= 15 is 0 Å². The Kier molecular flexibility index (Phi) is 3.35. The Labute approximate surface area is 93.8 Å². The topological polar surface area (TPSA) is 98.0 Å². The predicted octanol–water partition coefficient (Wildman–Crippen LogP) is 0.378. The quantitative estimate of drug-likeness (QED) is 0.474. The second-order valence-corrected chi connectivity index (χ2v) is 3.77. The van der Waals surface area contributed by atoms with E-state index in [1.165, 1.54) is 20.0 Å². The van der Waals surface area contributed by atoms with Gasteiger partial charge < -0.3 is 10.1 Å². The van der Waals surface area contributed by atoms with Gasteiger partial charge in [0.1, 0.15) is 0 Å². The molecule has 1 aliphatic carbocycles. The Morgan fingerprint density at radius 3 is 2.69 bits per heavy atom. The predicted molar refractivity (Wildman–Crippen MR) is 60.0 cm³/mol. The van der Waals surface area contributed by atoms with E-state index in [4.69, 9.17) is 10.6 Å². The maximum Gasteiger partial charge on any atom is 0.322 e. The van der Waals surface area contributed by atoms with Gasteiger partial charge in [-0.25, -0.2) is 5.84 Å². The molecule has 0 bridgehead atoms. The summed E-state index contributed by atoms with van der Waals surface area (Å²) < 4.78 is 4.94. The van der Waals surface area contributed by atoms with Gasteiger partial charge in [0.05, 0.1) is 7.11 Å². The van der Waals surface area contributed by atoms with Gasteiger partial charge in [-0.15, -0.1) is 0 Å². The molecule has 1 heterocycles. The van der Waals surface area contributed by atoms with E-state index in [1.54, 1.807) is 0 Å². The summed E-state index contributed by atoms with van der Waals surface area (Å²) in [6, 6.07) is 0.247. The number of hydrogen-bond donors (Lipinski definition) is 3. The van der Waals surface area contributed by atoms with Gasteiger partial charge in [-0.1, -0.05) is 12.8 Å². The fourth-order valence-corrected chi connectivity index (χ4v) is 1.39. The second kappa shape index (κ2) is 4.93. The van der Waals surface area contributed by atoms with Crippen LogP contribution >= 0.6 is 0 Å². The molecule has 88 valence electrons. The Morgan fingerprint density at radius 1 is 1.31 bits per heavy atom. The Bertz CT molecular complexity index is 332. The number of nitrogens with two attached hydrogens (primary N) is 1. The van der Waals surface area contributed by atoms with Crippen molar-refractivity contribution in [3.05, 3.63) is 0 Å². The van der Waals surface area contributed by atoms with Crippen molar-refractivity contribution in [1.29, 1.82) is 0 Å². The summed E-state index contributed by atoms with van der Waals surface area (Å²) in [5, 5.41) is 3.13. The van der Waals surface area contributed by atoms with E-state index in [-0.39, 0.29) is 6.01 Å². The minimum absolute atomic E-state index is 0.247. The number of aromatic nitrogens is 3. The van der Waals surface area contributed by atoms with Crippen LogP contribution in [0, 0.1) is 5.92 Å². The van der Waals surface area contributed by atoms with Crippen LogP contribution in [-0.2, 0) is 0 Å². The van der Waals surface area contributed by atoms with Crippen LogP contribution in [0.2, 0.25) is 0 Å². The van der Waals surface area contributed by atoms with Crippen LogP contribution in [-0.4, -0.2) is 28.6 Å². The molecule has 0 aliphatic heterocycles. The van der Waals surface area contributed by atoms with Crippen LogP contribution in [0.25, 0.3) is 0 Å². The summed E-state index contributed by atoms with van der Waals surface area (Å²) >= 11 is 0. The molecule has 0 aromatic carbocycles. The second-order valence-electron chi connectivity index (χ2n) is 3.77. The lowest BCUT2D eigenvalue weighted by Crippen LogP contribution is -2.14. The third-order valence-corrected chi connectivity index (χ3v) is 2.46. The fraction of sp³-hybridized carbons (Fsp3) is 0.667. The first-order chi connectivity index (χ1) is 7.81. The Balaban J connectivity index is 1.94. The third kappa shape index (κ3) is 2.93. The molecule has 16 heavy (non-hydrogen) atoms. The summed E-state index contributed by atoms with van der Waals surface area (Å²) in [6.45, 7) is 0.863. The highest BCUT2D eigenvalue weighted by Crippen LogP contribution is 2.31. The number of nitrogens with one attached hydrogen (secondary N) is 2. The lowest BCUT2D eigenvalue weighted by Gasteiger charge is -2.07. The molecule has 0 unspecified atom stereocenters. The number of nitrogen functional groups attached to an aromatic ring is 1. The number of nitrogens with zero attached hydrogens (tertiary/aromatic N) is 3. The third-order valence-electron chi connectivity index (χ3n) is 2.46. The van der Waals surface area contributed by atoms with Crippen molar-refractivity contribution in [3.8, 4) is 6.01 Å². The van der Waals surface area contributed by atoms with Gasteiger partial charge in [0.25, 0.3) is 0 Å². The van der Waals surface area contributed by atoms with Crippen molar-refractivity contribution in [3.63, 3.8) is 0 Å². The molecule has 1 aromatic rings. The average Bonchev–Trinajstić information content (AvgIpc) is 3.12. The Hall–Kier alpha value is -1.63. The smallest absolute Gasteiger partial charge is 0.322 e. The largest absolute Gasteiger partial charge is 0.467 e.